The van der Waals surface area contributed by atoms with Gasteiger partial charge < -0.3 is 10.8 Å². The minimum absolute atomic E-state index is 0.335. The fraction of sp³-hybridized carbons (Fsp3) is 0.600. The molecule has 3 N–H and O–H groups in total. The Hall–Kier alpha value is -0.550. The molecule has 0 rings (SSSR count). The molecule has 0 radical (unpaired) electrons. The lowest BCUT2D eigenvalue weighted by Gasteiger charge is -2.10. The zero-order chi connectivity index (χ0) is 8.31. The molecule has 2 atom stereocenters. The first-order chi connectivity index (χ1) is 4.46. The Kier molecular flexibility index (Phi) is 3.38. The highest BCUT2D eigenvalue weighted by molar-refractivity contribution is 7.82. The largest absolute Gasteiger partial charge is 0.480 e. The van der Waals surface area contributed by atoms with Gasteiger partial charge in [0.2, 0.25) is 0 Å². The number of nitrogens with two attached hydrogens (primary N) is 1. The molecule has 0 aromatic rings. The highest BCUT2D eigenvalue weighted by Crippen LogP contribution is 2.00. The van der Waals surface area contributed by atoms with Gasteiger partial charge in [-0.1, -0.05) is 0 Å². The lowest BCUT2D eigenvalue weighted by atomic mass is 10.1. The number of thiol groups is 1. The van der Waals surface area contributed by atoms with Crippen LogP contribution in [0.5, 0.6) is 0 Å². The van der Waals surface area contributed by atoms with E-state index in [-0.39, 0.29) is 5.78 Å². The van der Waals surface area contributed by atoms with E-state index in [4.69, 9.17) is 10.8 Å². The summed E-state index contributed by atoms with van der Waals surface area (Å²) in [6.45, 7) is 1.25. The number of carboxylic acids is 1. The van der Waals surface area contributed by atoms with Crippen LogP contribution in [0.2, 0.25) is 0 Å². The molecule has 0 amide bonds. The average molecular weight is 163 g/mol. The molecule has 58 valence electrons. The van der Waals surface area contributed by atoms with Crippen molar-refractivity contribution in [3.05, 3.63) is 0 Å². The van der Waals surface area contributed by atoms with Gasteiger partial charge in [0, 0.05) is 0 Å². The molecule has 0 heterocycles. The average Bonchev–Trinajstić information content (AvgIpc) is 1.84. The molecule has 0 aliphatic rings. The van der Waals surface area contributed by atoms with Crippen molar-refractivity contribution in [2.24, 2.45) is 5.73 Å². The smallest absolute Gasteiger partial charge is 0.322 e. The van der Waals surface area contributed by atoms with E-state index in [0.717, 1.165) is 0 Å². The normalized spacial score (nSPS) is 15.9. The van der Waals surface area contributed by atoms with Gasteiger partial charge in [-0.25, -0.2) is 0 Å². The monoisotopic (exact) mass is 163 g/mol. The van der Waals surface area contributed by atoms with E-state index in [1.54, 1.807) is 0 Å². The van der Waals surface area contributed by atoms with Crippen LogP contribution in [0.3, 0.4) is 0 Å². The van der Waals surface area contributed by atoms with Gasteiger partial charge in [0.05, 0.1) is 5.25 Å². The number of carboxylic acid groups (broad SMARTS) is 1. The highest BCUT2D eigenvalue weighted by Gasteiger charge is 2.23. The fourth-order valence-corrected chi connectivity index (χ4v) is 0.515. The summed E-state index contributed by atoms with van der Waals surface area (Å²) in [5.41, 5.74) is 5.06. The quantitative estimate of drug-likeness (QED) is 0.480. The van der Waals surface area contributed by atoms with Gasteiger partial charge in [-0.05, 0) is 6.92 Å². The topological polar surface area (TPSA) is 80.4 Å². The SMILES string of the molecule is CC(=O)C(S)[C@H](N)C(=O)O. The van der Waals surface area contributed by atoms with E-state index < -0.39 is 17.3 Å². The van der Waals surface area contributed by atoms with E-state index in [1.165, 1.54) is 6.92 Å². The minimum atomic E-state index is -1.21. The number of rotatable bonds is 3. The van der Waals surface area contributed by atoms with Gasteiger partial charge in [0.25, 0.3) is 0 Å². The number of aliphatic carboxylic acids is 1. The number of ketones is 1. The van der Waals surface area contributed by atoms with Crippen LogP contribution in [0.1, 0.15) is 6.92 Å². The number of carbonyl (C=O) groups is 2. The van der Waals surface area contributed by atoms with Gasteiger partial charge in [-0.3, -0.25) is 9.59 Å². The molecule has 0 bridgehead atoms. The van der Waals surface area contributed by atoms with Crippen molar-refractivity contribution in [2.45, 2.75) is 18.2 Å². The summed E-state index contributed by atoms with van der Waals surface area (Å²) in [6.07, 6.45) is 0. The number of hydrogen-bond acceptors (Lipinski definition) is 4. The van der Waals surface area contributed by atoms with E-state index in [2.05, 4.69) is 12.6 Å². The second kappa shape index (κ2) is 3.58. The third kappa shape index (κ3) is 2.36. The number of carbonyl (C=O) groups excluding carboxylic acids is 1. The Balaban J connectivity index is 4.07. The van der Waals surface area contributed by atoms with E-state index in [0.29, 0.717) is 0 Å². The molecule has 0 saturated carbocycles. The predicted molar refractivity (Wildman–Crippen MR) is 39.1 cm³/mol. The van der Waals surface area contributed by atoms with Gasteiger partial charge in [-0.2, -0.15) is 12.6 Å². The Bertz CT molecular complexity index is 141. The van der Waals surface area contributed by atoms with Crippen molar-refractivity contribution in [1.29, 1.82) is 0 Å². The summed E-state index contributed by atoms with van der Waals surface area (Å²) in [5.74, 6) is -1.55. The van der Waals surface area contributed by atoms with Crippen molar-refractivity contribution in [3.63, 3.8) is 0 Å². The van der Waals surface area contributed by atoms with Gasteiger partial charge in [0.1, 0.15) is 11.8 Å². The van der Waals surface area contributed by atoms with Crippen molar-refractivity contribution in [2.75, 3.05) is 0 Å². The number of hydrogen-bond donors (Lipinski definition) is 3. The van der Waals surface area contributed by atoms with Crippen molar-refractivity contribution in [3.8, 4) is 0 Å². The molecule has 0 aromatic carbocycles. The van der Waals surface area contributed by atoms with Gasteiger partial charge in [0.15, 0.2) is 0 Å². The molecule has 4 nitrogen and oxygen atoms in total. The maximum Gasteiger partial charge on any atom is 0.322 e. The van der Waals surface area contributed by atoms with Crippen LogP contribution in [-0.4, -0.2) is 28.2 Å². The molecule has 0 fully saturated rings. The van der Waals surface area contributed by atoms with Crippen LogP contribution in [-0.2, 0) is 9.59 Å². The maximum absolute atomic E-state index is 10.5. The molecule has 0 aliphatic carbocycles. The zero-order valence-corrected chi connectivity index (χ0v) is 6.34. The summed E-state index contributed by atoms with van der Waals surface area (Å²) in [4.78, 5) is 20.6. The Morgan fingerprint density at radius 2 is 2.00 bits per heavy atom. The van der Waals surface area contributed by atoms with Crippen LogP contribution in [0.25, 0.3) is 0 Å². The molecule has 0 spiro atoms. The second-order valence-electron chi connectivity index (χ2n) is 1.92. The Labute approximate surface area is 63.8 Å². The molecule has 1 unspecified atom stereocenters. The van der Waals surface area contributed by atoms with E-state index >= 15 is 0 Å². The summed E-state index contributed by atoms with van der Waals surface area (Å²) in [7, 11) is 0. The third-order valence-electron chi connectivity index (χ3n) is 1.04. The molecular formula is C5H9NO3S. The summed E-state index contributed by atoms with van der Waals surface area (Å²) < 4.78 is 0. The lowest BCUT2D eigenvalue weighted by molar-refractivity contribution is -0.139. The molecule has 10 heavy (non-hydrogen) atoms. The molecular weight excluding hydrogens is 154 g/mol. The maximum atomic E-state index is 10.5. The van der Waals surface area contributed by atoms with Gasteiger partial charge in [-0.15, -0.1) is 0 Å². The number of Topliss-reactive ketones (excluding diaryl/α,β-unsaturated/α-hetero) is 1. The van der Waals surface area contributed by atoms with Crippen LogP contribution >= 0.6 is 12.6 Å². The first-order valence-corrected chi connectivity index (χ1v) is 3.15. The van der Waals surface area contributed by atoms with Crippen LogP contribution < -0.4 is 5.73 Å². The fourth-order valence-electron chi connectivity index (χ4n) is 0.388. The van der Waals surface area contributed by atoms with E-state index in [9.17, 15) is 9.59 Å². The summed E-state index contributed by atoms with van der Waals surface area (Å²) in [5, 5.41) is 7.37. The van der Waals surface area contributed by atoms with Crippen molar-refractivity contribution >= 4 is 24.4 Å². The summed E-state index contributed by atoms with van der Waals surface area (Å²) in [6, 6.07) is -1.21. The lowest BCUT2D eigenvalue weighted by Crippen LogP contribution is -2.42. The molecule has 5 heteroatoms. The Morgan fingerprint density at radius 1 is 1.60 bits per heavy atom. The van der Waals surface area contributed by atoms with Crippen LogP contribution in [0.4, 0.5) is 0 Å². The molecule has 0 aromatic heterocycles. The summed E-state index contributed by atoms with van der Waals surface area (Å²) >= 11 is 3.70. The minimum Gasteiger partial charge on any atom is -0.480 e. The van der Waals surface area contributed by atoms with Gasteiger partial charge >= 0.3 is 5.97 Å². The molecule has 0 aliphatic heterocycles. The molecule has 0 saturated heterocycles. The third-order valence-corrected chi connectivity index (χ3v) is 1.73. The Morgan fingerprint density at radius 3 is 2.10 bits per heavy atom. The standard InChI is InChI=1S/C5H9NO3S/c1-2(7)4(10)3(6)5(8)9/h3-4,10H,6H2,1H3,(H,8,9)/t3-,4?/m0/s1. The highest BCUT2D eigenvalue weighted by atomic mass is 32.1. The first-order valence-electron chi connectivity index (χ1n) is 2.63. The first kappa shape index (κ1) is 9.45. The second-order valence-corrected chi connectivity index (χ2v) is 2.48. The van der Waals surface area contributed by atoms with Crippen molar-refractivity contribution in [1.82, 2.24) is 0 Å². The zero-order valence-electron chi connectivity index (χ0n) is 5.44. The van der Waals surface area contributed by atoms with Crippen molar-refractivity contribution < 1.29 is 14.7 Å². The van der Waals surface area contributed by atoms with Crippen LogP contribution in [0, 0.1) is 0 Å². The van der Waals surface area contributed by atoms with Crippen LogP contribution in [0.15, 0.2) is 0 Å². The predicted octanol–water partition coefficient (Wildman–Crippen LogP) is -0.714. The van der Waals surface area contributed by atoms with E-state index in [1.807, 2.05) is 0 Å².